The maximum absolute atomic E-state index is 12.2. The number of hydrogen-bond acceptors (Lipinski definition) is 4. The van der Waals surface area contributed by atoms with Gasteiger partial charge in [-0.15, -0.1) is 0 Å². The molecule has 0 saturated carbocycles. The van der Waals surface area contributed by atoms with Crippen molar-refractivity contribution in [2.24, 2.45) is 5.92 Å². The molecule has 5 heteroatoms. The molecule has 1 amide bonds. The first-order valence-electron chi connectivity index (χ1n) is 7.02. The van der Waals surface area contributed by atoms with Gasteiger partial charge in [-0.2, -0.15) is 10.2 Å². The fourth-order valence-corrected chi connectivity index (χ4v) is 2.42. The van der Waals surface area contributed by atoms with E-state index < -0.39 is 0 Å². The Morgan fingerprint density at radius 3 is 3.05 bits per heavy atom. The van der Waals surface area contributed by atoms with E-state index in [1.807, 2.05) is 19.9 Å². The van der Waals surface area contributed by atoms with Gasteiger partial charge in [0.25, 0.3) is 5.91 Å². The monoisotopic (exact) mass is 262 g/mol. The van der Waals surface area contributed by atoms with Gasteiger partial charge in [0.2, 0.25) is 0 Å². The predicted octanol–water partition coefficient (Wildman–Crippen LogP) is 1.08. The molecule has 0 radical (unpaired) electrons. The van der Waals surface area contributed by atoms with Crippen molar-refractivity contribution in [1.82, 2.24) is 20.8 Å². The number of rotatable bonds is 5. The van der Waals surface area contributed by atoms with Gasteiger partial charge in [0.15, 0.2) is 0 Å². The summed E-state index contributed by atoms with van der Waals surface area (Å²) in [7, 11) is 0. The number of amides is 1. The van der Waals surface area contributed by atoms with Gasteiger partial charge in [-0.25, -0.2) is 0 Å². The molecule has 1 aliphatic rings. The van der Waals surface area contributed by atoms with E-state index in [2.05, 4.69) is 20.8 Å². The highest BCUT2D eigenvalue weighted by molar-refractivity contribution is 5.95. The molecule has 104 valence electrons. The van der Waals surface area contributed by atoms with Crippen LogP contribution in [0.25, 0.3) is 0 Å². The zero-order valence-corrected chi connectivity index (χ0v) is 11.7. The molecule has 2 rings (SSSR count). The Morgan fingerprint density at radius 2 is 2.37 bits per heavy atom. The maximum atomic E-state index is 12.2. The van der Waals surface area contributed by atoms with Gasteiger partial charge in [0.1, 0.15) is 0 Å². The fourth-order valence-electron chi connectivity index (χ4n) is 2.42. The Bertz CT molecular complexity index is 441. The van der Waals surface area contributed by atoms with E-state index in [1.54, 1.807) is 0 Å². The maximum Gasteiger partial charge on any atom is 0.253 e. The summed E-state index contributed by atoms with van der Waals surface area (Å²) in [4.78, 5) is 12.2. The first-order chi connectivity index (χ1) is 9.20. The Morgan fingerprint density at radius 1 is 1.53 bits per heavy atom. The molecule has 1 aliphatic heterocycles. The summed E-state index contributed by atoms with van der Waals surface area (Å²) in [6.45, 7) is 6.75. The summed E-state index contributed by atoms with van der Waals surface area (Å²) in [5.41, 5.74) is 2.22. The summed E-state index contributed by atoms with van der Waals surface area (Å²) in [6.07, 6.45) is 2.98. The van der Waals surface area contributed by atoms with Crippen molar-refractivity contribution in [3.8, 4) is 0 Å². The topological polar surface area (TPSA) is 66.9 Å². The van der Waals surface area contributed by atoms with E-state index >= 15 is 0 Å². The van der Waals surface area contributed by atoms with Gasteiger partial charge in [-0.1, -0.05) is 6.92 Å². The van der Waals surface area contributed by atoms with Crippen LogP contribution in [0.2, 0.25) is 0 Å². The standard InChI is InChI=1S/C14H22N4O/c1-3-13-12(8-10(2)17-18-13)14(19)16-7-5-11-4-6-15-9-11/h8,11,15H,3-7,9H2,1-2H3,(H,16,19). The van der Waals surface area contributed by atoms with Crippen molar-refractivity contribution < 1.29 is 4.79 Å². The molecule has 1 atom stereocenters. The molecule has 19 heavy (non-hydrogen) atoms. The molecule has 0 aromatic carbocycles. The lowest BCUT2D eigenvalue weighted by molar-refractivity contribution is 0.0950. The lowest BCUT2D eigenvalue weighted by Gasteiger charge is -2.11. The van der Waals surface area contributed by atoms with Crippen LogP contribution in [0, 0.1) is 12.8 Å². The molecule has 0 bridgehead atoms. The third-order valence-corrected chi connectivity index (χ3v) is 3.57. The van der Waals surface area contributed by atoms with E-state index in [9.17, 15) is 4.79 Å². The molecule has 1 unspecified atom stereocenters. The van der Waals surface area contributed by atoms with Crippen LogP contribution in [-0.4, -0.2) is 35.7 Å². The van der Waals surface area contributed by atoms with E-state index in [4.69, 9.17) is 0 Å². The first-order valence-corrected chi connectivity index (χ1v) is 7.02. The number of hydrogen-bond donors (Lipinski definition) is 2. The third kappa shape index (κ3) is 3.73. The van der Waals surface area contributed by atoms with Gasteiger partial charge < -0.3 is 10.6 Å². The summed E-state index contributed by atoms with van der Waals surface area (Å²) < 4.78 is 0. The van der Waals surface area contributed by atoms with Gasteiger partial charge in [-0.05, 0) is 51.3 Å². The highest BCUT2D eigenvalue weighted by Gasteiger charge is 2.16. The quantitative estimate of drug-likeness (QED) is 0.833. The predicted molar refractivity (Wildman–Crippen MR) is 74.1 cm³/mol. The second-order valence-electron chi connectivity index (χ2n) is 5.10. The normalized spacial score (nSPS) is 18.5. The van der Waals surface area contributed by atoms with Crippen molar-refractivity contribution in [3.63, 3.8) is 0 Å². The molecular weight excluding hydrogens is 240 g/mol. The summed E-state index contributed by atoms with van der Waals surface area (Å²) in [5, 5.41) is 14.4. The Hall–Kier alpha value is -1.49. The number of aryl methyl sites for hydroxylation is 2. The fraction of sp³-hybridized carbons (Fsp3) is 0.643. The van der Waals surface area contributed by atoms with Crippen molar-refractivity contribution in [2.45, 2.75) is 33.1 Å². The minimum absolute atomic E-state index is 0.0270. The number of aromatic nitrogens is 2. The van der Waals surface area contributed by atoms with Crippen molar-refractivity contribution >= 4 is 5.91 Å². The van der Waals surface area contributed by atoms with Crippen LogP contribution in [-0.2, 0) is 6.42 Å². The van der Waals surface area contributed by atoms with Crippen LogP contribution in [0.5, 0.6) is 0 Å². The van der Waals surface area contributed by atoms with Crippen LogP contribution in [0.15, 0.2) is 6.07 Å². The number of nitrogens with zero attached hydrogens (tertiary/aromatic N) is 2. The van der Waals surface area contributed by atoms with E-state index in [1.165, 1.54) is 6.42 Å². The average Bonchev–Trinajstić information content (AvgIpc) is 2.91. The molecule has 0 aliphatic carbocycles. The smallest absolute Gasteiger partial charge is 0.253 e. The summed E-state index contributed by atoms with van der Waals surface area (Å²) >= 11 is 0. The van der Waals surface area contributed by atoms with E-state index in [0.717, 1.165) is 43.9 Å². The molecule has 1 fully saturated rings. The SMILES string of the molecule is CCc1nnc(C)cc1C(=O)NCCC1CCNC1. The van der Waals surface area contributed by atoms with Crippen molar-refractivity contribution in [1.29, 1.82) is 0 Å². The zero-order chi connectivity index (χ0) is 13.7. The van der Waals surface area contributed by atoms with Gasteiger partial charge in [-0.3, -0.25) is 4.79 Å². The molecule has 1 aromatic rings. The minimum Gasteiger partial charge on any atom is -0.352 e. The van der Waals surface area contributed by atoms with Crippen molar-refractivity contribution in [2.75, 3.05) is 19.6 Å². The molecule has 0 spiro atoms. The Kier molecular flexibility index (Phi) is 4.85. The number of nitrogens with one attached hydrogen (secondary N) is 2. The van der Waals surface area contributed by atoms with Crippen molar-refractivity contribution in [3.05, 3.63) is 23.0 Å². The highest BCUT2D eigenvalue weighted by Crippen LogP contribution is 2.11. The van der Waals surface area contributed by atoms with E-state index in [0.29, 0.717) is 11.5 Å². The average molecular weight is 262 g/mol. The van der Waals surface area contributed by atoms with Crippen LogP contribution >= 0.6 is 0 Å². The van der Waals surface area contributed by atoms with Gasteiger partial charge in [0, 0.05) is 6.54 Å². The van der Waals surface area contributed by atoms with Crippen LogP contribution in [0.4, 0.5) is 0 Å². The molecule has 1 aromatic heterocycles. The van der Waals surface area contributed by atoms with Crippen LogP contribution in [0.3, 0.4) is 0 Å². The minimum atomic E-state index is -0.0270. The van der Waals surface area contributed by atoms with E-state index in [-0.39, 0.29) is 5.91 Å². The second-order valence-corrected chi connectivity index (χ2v) is 5.10. The number of carbonyl (C=O) groups is 1. The third-order valence-electron chi connectivity index (χ3n) is 3.57. The lowest BCUT2D eigenvalue weighted by atomic mass is 10.1. The molecular formula is C14H22N4O. The van der Waals surface area contributed by atoms with Crippen LogP contribution in [0.1, 0.15) is 41.5 Å². The molecule has 2 N–H and O–H groups in total. The zero-order valence-electron chi connectivity index (χ0n) is 11.7. The first kappa shape index (κ1) is 13.9. The number of carbonyl (C=O) groups excluding carboxylic acids is 1. The molecule has 1 saturated heterocycles. The molecule has 5 nitrogen and oxygen atoms in total. The highest BCUT2D eigenvalue weighted by atomic mass is 16.1. The molecule has 2 heterocycles. The largest absolute Gasteiger partial charge is 0.352 e. The van der Waals surface area contributed by atoms with Gasteiger partial charge in [0.05, 0.1) is 17.0 Å². The Balaban J connectivity index is 1.89. The Labute approximate surface area is 114 Å². The lowest BCUT2D eigenvalue weighted by Crippen LogP contribution is -2.28. The van der Waals surface area contributed by atoms with Crippen LogP contribution < -0.4 is 10.6 Å². The second kappa shape index (κ2) is 6.61. The summed E-state index contributed by atoms with van der Waals surface area (Å²) in [6, 6.07) is 1.82. The summed E-state index contributed by atoms with van der Waals surface area (Å²) in [5.74, 6) is 0.670. The van der Waals surface area contributed by atoms with Gasteiger partial charge >= 0.3 is 0 Å².